The Morgan fingerprint density at radius 2 is 2.50 bits per heavy atom. The molecule has 6 heteroatoms. The van der Waals surface area contributed by atoms with E-state index in [0.29, 0.717) is 17.4 Å². The smallest absolute Gasteiger partial charge is 0.276 e. The molecule has 1 amide bonds. The molecule has 3 heterocycles. The molecule has 0 saturated carbocycles. The number of nitrogens with one attached hydrogen (secondary N) is 1. The monoisotopic (exact) mass is 289 g/mol. The number of thiocarbonyl (C=S) groups is 1. The quantitative estimate of drug-likeness (QED) is 0.672. The van der Waals surface area contributed by atoms with Crippen molar-refractivity contribution < 1.29 is 9.53 Å². The van der Waals surface area contributed by atoms with Crippen LogP contribution in [0.5, 0.6) is 0 Å². The van der Waals surface area contributed by atoms with E-state index in [4.69, 9.17) is 17.0 Å². The highest BCUT2D eigenvalue weighted by molar-refractivity contribution is 7.80. The number of hydrogen-bond acceptors (Lipinski definition) is 4. The molecule has 0 bridgehead atoms. The number of hydrogen-bond donors (Lipinski definition) is 1. The predicted molar refractivity (Wildman–Crippen MR) is 78.6 cm³/mol. The SMILES string of the molecule is O=C1/C(=C\c2cccnc2)NC(=S)N1C[C@H]1CCCO1. The Hall–Kier alpha value is -1.79. The molecule has 2 fully saturated rings. The number of aromatic nitrogens is 1. The lowest BCUT2D eigenvalue weighted by molar-refractivity contribution is -0.123. The third-order valence-electron chi connectivity index (χ3n) is 3.37. The fourth-order valence-corrected chi connectivity index (χ4v) is 2.62. The molecule has 0 aliphatic carbocycles. The van der Waals surface area contributed by atoms with Gasteiger partial charge in [-0.3, -0.25) is 14.7 Å². The molecule has 0 unspecified atom stereocenters. The van der Waals surface area contributed by atoms with Gasteiger partial charge in [-0.1, -0.05) is 6.07 Å². The Labute approximate surface area is 122 Å². The Kier molecular flexibility index (Phi) is 3.75. The molecule has 2 aliphatic rings. The van der Waals surface area contributed by atoms with Gasteiger partial charge in [0, 0.05) is 19.0 Å². The first-order chi connectivity index (χ1) is 9.74. The van der Waals surface area contributed by atoms with Crippen LogP contribution in [0.3, 0.4) is 0 Å². The Balaban J connectivity index is 1.74. The number of carbonyl (C=O) groups is 1. The zero-order chi connectivity index (χ0) is 13.9. The van der Waals surface area contributed by atoms with Crippen LogP contribution in [0.2, 0.25) is 0 Å². The Morgan fingerprint density at radius 1 is 1.60 bits per heavy atom. The number of pyridine rings is 1. The van der Waals surface area contributed by atoms with Crippen LogP contribution in [0, 0.1) is 0 Å². The van der Waals surface area contributed by atoms with Gasteiger partial charge < -0.3 is 10.1 Å². The van der Waals surface area contributed by atoms with E-state index in [2.05, 4.69) is 10.3 Å². The molecule has 20 heavy (non-hydrogen) atoms. The lowest BCUT2D eigenvalue weighted by Crippen LogP contribution is -2.37. The molecule has 5 nitrogen and oxygen atoms in total. The lowest BCUT2D eigenvalue weighted by atomic mass is 10.2. The van der Waals surface area contributed by atoms with Crippen molar-refractivity contribution in [1.29, 1.82) is 0 Å². The standard InChI is InChI=1S/C14H15N3O2S/c18-13-12(7-10-3-1-5-15-8-10)16-14(20)17(13)9-11-4-2-6-19-11/h1,3,5,7-8,11H,2,4,6,9H2,(H,16,20)/b12-7+/t11-/m1/s1. The molecule has 1 aromatic rings. The van der Waals surface area contributed by atoms with E-state index in [9.17, 15) is 4.79 Å². The highest BCUT2D eigenvalue weighted by atomic mass is 32.1. The van der Waals surface area contributed by atoms with Gasteiger partial charge in [0.1, 0.15) is 5.70 Å². The van der Waals surface area contributed by atoms with E-state index in [1.165, 1.54) is 0 Å². The predicted octanol–water partition coefficient (Wildman–Crippen LogP) is 1.32. The van der Waals surface area contributed by atoms with Crippen molar-refractivity contribution in [1.82, 2.24) is 15.2 Å². The number of amides is 1. The van der Waals surface area contributed by atoms with E-state index in [1.54, 1.807) is 23.4 Å². The minimum Gasteiger partial charge on any atom is -0.376 e. The number of nitrogens with zero attached hydrogens (tertiary/aromatic N) is 2. The summed E-state index contributed by atoms with van der Waals surface area (Å²) in [7, 11) is 0. The molecule has 104 valence electrons. The van der Waals surface area contributed by atoms with Crippen LogP contribution >= 0.6 is 12.2 Å². The number of carbonyl (C=O) groups excluding carboxylic acids is 1. The van der Waals surface area contributed by atoms with Crippen molar-refractivity contribution in [2.75, 3.05) is 13.2 Å². The minimum absolute atomic E-state index is 0.0939. The van der Waals surface area contributed by atoms with Crippen LogP contribution in [0.15, 0.2) is 30.2 Å². The zero-order valence-electron chi connectivity index (χ0n) is 10.9. The van der Waals surface area contributed by atoms with Gasteiger partial charge in [-0.15, -0.1) is 0 Å². The van der Waals surface area contributed by atoms with Crippen molar-refractivity contribution >= 4 is 29.3 Å². The van der Waals surface area contributed by atoms with E-state index in [1.807, 2.05) is 12.1 Å². The van der Waals surface area contributed by atoms with Gasteiger partial charge in [-0.05, 0) is 42.8 Å². The van der Waals surface area contributed by atoms with Crippen LogP contribution in [0.4, 0.5) is 0 Å². The summed E-state index contributed by atoms with van der Waals surface area (Å²) in [5.41, 5.74) is 1.35. The van der Waals surface area contributed by atoms with Crippen molar-refractivity contribution in [3.05, 3.63) is 35.8 Å². The summed E-state index contributed by atoms with van der Waals surface area (Å²) >= 11 is 5.23. The maximum atomic E-state index is 12.3. The molecule has 1 atom stereocenters. The van der Waals surface area contributed by atoms with E-state index < -0.39 is 0 Å². The van der Waals surface area contributed by atoms with E-state index in [0.717, 1.165) is 25.0 Å². The third-order valence-corrected chi connectivity index (χ3v) is 3.69. The van der Waals surface area contributed by atoms with Crippen LogP contribution in [-0.4, -0.2) is 40.2 Å². The van der Waals surface area contributed by atoms with Crippen molar-refractivity contribution in [3.8, 4) is 0 Å². The highest BCUT2D eigenvalue weighted by Crippen LogP contribution is 2.18. The van der Waals surface area contributed by atoms with Gasteiger partial charge in [0.25, 0.3) is 5.91 Å². The van der Waals surface area contributed by atoms with Crippen LogP contribution < -0.4 is 5.32 Å². The second-order valence-corrected chi connectivity index (χ2v) is 5.21. The molecular formula is C14H15N3O2S. The first-order valence-electron chi connectivity index (χ1n) is 6.60. The molecule has 0 radical (unpaired) electrons. The molecule has 1 aromatic heterocycles. The summed E-state index contributed by atoms with van der Waals surface area (Å²) < 4.78 is 5.55. The molecule has 2 saturated heterocycles. The molecule has 3 rings (SSSR count). The second-order valence-electron chi connectivity index (χ2n) is 4.83. The second kappa shape index (κ2) is 5.68. The van der Waals surface area contributed by atoms with Crippen molar-refractivity contribution in [2.24, 2.45) is 0 Å². The number of ether oxygens (including phenoxy) is 1. The first-order valence-corrected chi connectivity index (χ1v) is 7.01. The van der Waals surface area contributed by atoms with E-state index >= 15 is 0 Å². The maximum absolute atomic E-state index is 12.3. The largest absolute Gasteiger partial charge is 0.376 e. The third kappa shape index (κ3) is 2.71. The van der Waals surface area contributed by atoms with Gasteiger partial charge in [0.2, 0.25) is 0 Å². The van der Waals surface area contributed by atoms with Crippen LogP contribution in [0.25, 0.3) is 6.08 Å². The summed E-state index contributed by atoms with van der Waals surface area (Å²) in [4.78, 5) is 17.9. The molecule has 1 N–H and O–H groups in total. The van der Waals surface area contributed by atoms with Gasteiger partial charge in [0.15, 0.2) is 5.11 Å². The maximum Gasteiger partial charge on any atom is 0.276 e. The van der Waals surface area contributed by atoms with Gasteiger partial charge >= 0.3 is 0 Å². The Bertz CT molecular complexity index is 553. The highest BCUT2D eigenvalue weighted by Gasteiger charge is 2.33. The van der Waals surface area contributed by atoms with Gasteiger partial charge in [-0.25, -0.2) is 0 Å². The fraction of sp³-hybridized carbons (Fsp3) is 0.357. The minimum atomic E-state index is -0.102. The summed E-state index contributed by atoms with van der Waals surface area (Å²) in [6.45, 7) is 1.29. The average molecular weight is 289 g/mol. The van der Waals surface area contributed by atoms with Crippen molar-refractivity contribution in [2.45, 2.75) is 18.9 Å². The normalized spacial score (nSPS) is 24.5. The summed E-state index contributed by atoms with van der Waals surface area (Å²) in [5, 5.41) is 3.41. The van der Waals surface area contributed by atoms with Crippen LogP contribution in [0.1, 0.15) is 18.4 Å². The van der Waals surface area contributed by atoms with Crippen molar-refractivity contribution in [3.63, 3.8) is 0 Å². The molecular weight excluding hydrogens is 274 g/mol. The molecule has 0 aromatic carbocycles. The molecule has 2 aliphatic heterocycles. The fourth-order valence-electron chi connectivity index (χ4n) is 2.36. The molecule has 0 spiro atoms. The lowest BCUT2D eigenvalue weighted by Gasteiger charge is -2.18. The van der Waals surface area contributed by atoms with Crippen LogP contribution in [-0.2, 0) is 9.53 Å². The topological polar surface area (TPSA) is 54.5 Å². The number of rotatable bonds is 3. The summed E-state index contributed by atoms with van der Waals surface area (Å²) in [6, 6.07) is 3.72. The summed E-state index contributed by atoms with van der Waals surface area (Å²) in [5.74, 6) is -0.102. The first kappa shape index (κ1) is 13.2. The van der Waals surface area contributed by atoms with Gasteiger partial charge in [0.05, 0.1) is 12.6 Å². The average Bonchev–Trinajstić information content (AvgIpc) is 3.05. The summed E-state index contributed by atoms with van der Waals surface area (Å²) in [6.07, 6.45) is 7.28. The Morgan fingerprint density at radius 3 is 3.20 bits per heavy atom. The van der Waals surface area contributed by atoms with Gasteiger partial charge in [-0.2, -0.15) is 0 Å². The zero-order valence-corrected chi connectivity index (χ0v) is 11.7. The van der Waals surface area contributed by atoms with E-state index in [-0.39, 0.29) is 12.0 Å².